The second-order valence-corrected chi connectivity index (χ2v) is 7.73. The number of nitrogens with zero attached hydrogens (tertiary/aromatic N) is 2. The summed E-state index contributed by atoms with van der Waals surface area (Å²) in [5, 5.41) is 0. The number of carbonyl (C=O) groups excluding carboxylic acids is 2. The number of hydrogen-bond acceptors (Lipinski definition) is 3. The van der Waals surface area contributed by atoms with E-state index in [2.05, 4.69) is 13.0 Å². The van der Waals surface area contributed by atoms with Crippen molar-refractivity contribution in [1.82, 2.24) is 0 Å². The second-order valence-electron chi connectivity index (χ2n) is 7.73. The van der Waals surface area contributed by atoms with Gasteiger partial charge in [-0.25, -0.2) is 0 Å². The molecule has 1 atom stereocenters. The van der Waals surface area contributed by atoms with E-state index in [-0.39, 0.29) is 24.3 Å². The van der Waals surface area contributed by atoms with Crippen molar-refractivity contribution >= 4 is 23.2 Å². The van der Waals surface area contributed by atoms with E-state index in [0.29, 0.717) is 12.3 Å². The molecule has 0 aliphatic carbocycles. The minimum atomic E-state index is -0.940. The van der Waals surface area contributed by atoms with Crippen molar-refractivity contribution in [2.24, 2.45) is 0 Å². The Morgan fingerprint density at radius 2 is 1.78 bits per heavy atom. The largest absolute Gasteiger partial charge is 0.476 e. The van der Waals surface area contributed by atoms with Gasteiger partial charge in [0.1, 0.15) is 5.75 Å². The van der Waals surface area contributed by atoms with Gasteiger partial charge in [0.2, 0.25) is 5.91 Å². The van der Waals surface area contributed by atoms with Gasteiger partial charge in [-0.15, -0.1) is 0 Å². The van der Waals surface area contributed by atoms with E-state index in [1.54, 1.807) is 18.7 Å². The highest BCUT2D eigenvalue weighted by atomic mass is 16.5. The number of carbonyl (C=O) groups is 2. The van der Waals surface area contributed by atoms with Crippen LogP contribution in [0.3, 0.4) is 0 Å². The lowest BCUT2D eigenvalue weighted by atomic mass is 10.0. The van der Waals surface area contributed by atoms with Crippen molar-refractivity contribution < 1.29 is 14.3 Å². The Morgan fingerprint density at radius 3 is 2.56 bits per heavy atom. The summed E-state index contributed by atoms with van der Waals surface area (Å²) in [7, 11) is 0. The first-order chi connectivity index (χ1) is 12.9. The lowest BCUT2D eigenvalue weighted by Crippen LogP contribution is -2.53. The van der Waals surface area contributed by atoms with Gasteiger partial charge in [-0.2, -0.15) is 0 Å². The topological polar surface area (TPSA) is 49.9 Å². The van der Waals surface area contributed by atoms with E-state index in [9.17, 15) is 9.59 Å². The van der Waals surface area contributed by atoms with Gasteiger partial charge in [-0.3, -0.25) is 9.59 Å². The number of fused-ring (bicyclic) bond motifs is 2. The molecule has 2 aromatic carbocycles. The zero-order valence-corrected chi connectivity index (χ0v) is 15.9. The first-order valence-electron chi connectivity index (χ1n) is 9.38. The van der Waals surface area contributed by atoms with Gasteiger partial charge in [0.25, 0.3) is 5.91 Å². The molecule has 4 rings (SSSR count). The van der Waals surface area contributed by atoms with Crippen LogP contribution in [0.5, 0.6) is 5.75 Å². The van der Waals surface area contributed by atoms with Crippen molar-refractivity contribution in [2.45, 2.75) is 45.3 Å². The molecule has 0 spiro atoms. The molecule has 0 radical (unpaired) electrons. The van der Waals surface area contributed by atoms with Crippen molar-refractivity contribution in [1.29, 1.82) is 0 Å². The Hall–Kier alpha value is -2.82. The maximum atomic E-state index is 13.0. The molecule has 0 saturated carbocycles. The molecule has 2 amide bonds. The summed E-state index contributed by atoms with van der Waals surface area (Å²) in [6.45, 7) is 5.93. The molecule has 0 aromatic heterocycles. The third-order valence-corrected chi connectivity index (χ3v) is 5.31. The third kappa shape index (κ3) is 2.97. The summed E-state index contributed by atoms with van der Waals surface area (Å²) in [6.07, 6.45) is 1.14. The van der Waals surface area contributed by atoms with Gasteiger partial charge in [0.15, 0.2) is 5.60 Å². The van der Waals surface area contributed by atoms with Crippen LogP contribution in [0.1, 0.15) is 32.8 Å². The van der Waals surface area contributed by atoms with Gasteiger partial charge in [0.05, 0.1) is 5.69 Å². The Morgan fingerprint density at radius 1 is 1.11 bits per heavy atom. The molecule has 5 heteroatoms. The van der Waals surface area contributed by atoms with E-state index >= 15 is 0 Å². The number of anilines is 2. The summed E-state index contributed by atoms with van der Waals surface area (Å²) in [5.41, 5.74) is 1.98. The summed E-state index contributed by atoms with van der Waals surface area (Å²) in [5.74, 6) is 0.598. The van der Waals surface area contributed by atoms with Gasteiger partial charge < -0.3 is 14.5 Å². The SMILES string of the molecule is CC1Cc2ccccc2N1C(=O)CCN1C(=O)C(C)(C)Oc2ccccc21. The highest BCUT2D eigenvalue weighted by Crippen LogP contribution is 2.38. The summed E-state index contributed by atoms with van der Waals surface area (Å²) in [6, 6.07) is 15.7. The predicted molar refractivity (Wildman–Crippen MR) is 105 cm³/mol. The fraction of sp³-hybridized carbons (Fsp3) is 0.364. The quantitative estimate of drug-likeness (QED) is 0.837. The number of hydrogen-bond donors (Lipinski definition) is 0. The number of ether oxygens (including phenoxy) is 1. The van der Waals surface area contributed by atoms with Gasteiger partial charge in [-0.05, 0) is 51.0 Å². The summed E-state index contributed by atoms with van der Waals surface area (Å²) >= 11 is 0. The van der Waals surface area contributed by atoms with E-state index in [1.807, 2.05) is 47.4 Å². The predicted octanol–water partition coefficient (Wildman–Crippen LogP) is 3.56. The maximum absolute atomic E-state index is 13.0. The summed E-state index contributed by atoms with van der Waals surface area (Å²) in [4.78, 5) is 29.4. The zero-order valence-electron chi connectivity index (χ0n) is 15.9. The molecule has 2 aliphatic rings. The highest BCUT2D eigenvalue weighted by molar-refractivity contribution is 6.03. The van der Waals surface area contributed by atoms with Crippen LogP contribution < -0.4 is 14.5 Å². The van der Waals surface area contributed by atoms with E-state index in [4.69, 9.17) is 4.74 Å². The van der Waals surface area contributed by atoms with Crippen molar-refractivity contribution in [3.8, 4) is 5.75 Å². The molecule has 27 heavy (non-hydrogen) atoms. The van der Waals surface area contributed by atoms with Crippen LogP contribution in [0.2, 0.25) is 0 Å². The molecule has 1 unspecified atom stereocenters. The van der Waals surface area contributed by atoms with E-state index < -0.39 is 5.60 Å². The minimum absolute atomic E-state index is 0.0435. The van der Waals surface area contributed by atoms with Crippen LogP contribution in [0, 0.1) is 0 Å². The van der Waals surface area contributed by atoms with Gasteiger partial charge in [0, 0.05) is 24.7 Å². The van der Waals surface area contributed by atoms with Crippen molar-refractivity contribution in [3.63, 3.8) is 0 Å². The average Bonchev–Trinajstić information content (AvgIpc) is 2.97. The fourth-order valence-corrected chi connectivity index (χ4v) is 4.01. The summed E-state index contributed by atoms with van der Waals surface area (Å²) < 4.78 is 5.85. The first kappa shape index (κ1) is 17.6. The molecule has 0 N–H and O–H groups in total. The van der Waals surface area contributed by atoms with Crippen molar-refractivity contribution in [3.05, 3.63) is 54.1 Å². The van der Waals surface area contributed by atoms with Crippen molar-refractivity contribution in [2.75, 3.05) is 16.3 Å². The zero-order chi connectivity index (χ0) is 19.2. The molecule has 2 aliphatic heterocycles. The smallest absolute Gasteiger partial charge is 0.270 e. The molecule has 140 valence electrons. The number of para-hydroxylation sites is 3. The fourth-order valence-electron chi connectivity index (χ4n) is 4.01. The van der Waals surface area contributed by atoms with Crippen LogP contribution in [0.4, 0.5) is 11.4 Å². The number of rotatable bonds is 3. The lowest BCUT2D eigenvalue weighted by molar-refractivity contribution is -0.132. The molecule has 0 saturated heterocycles. The molecular weight excluding hydrogens is 340 g/mol. The normalized spacial score (nSPS) is 20.1. The minimum Gasteiger partial charge on any atom is -0.476 e. The first-order valence-corrected chi connectivity index (χ1v) is 9.38. The molecule has 2 heterocycles. The number of amides is 2. The van der Waals surface area contributed by atoms with E-state index in [0.717, 1.165) is 17.8 Å². The van der Waals surface area contributed by atoms with Crippen LogP contribution >= 0.6 is 0 Å². The average molecular weight is 364 g/mol. The molecule has 0 fully saturated rings. The van der Waals surface area contributed by atoms with Crippen LogP contribution in [-0.4, -0.2) is 30.0 Å². The molecular formula is C22H24N2O3. The standard InChI is InChI=1S/C22H24N2O3/c1-15-14-16-8-4-5-9-17(16)24(15)20(25)12-13-23-18-10-6-7-11-19(18)27-22(2,3)21(23)26/h4-11,15H,12-14H2,1-3H3. The Balaban J connectivity index is 1.55. The lowest BCUT2D eigenvalue weighted by Gasteiger charge is -2.39. The Labute approximate surface area is 159 Å². The van der Waals surface area contributed by atoms with Gasteiger partial charge >= 0.3 is 0 Å². The number of benzene rings is 2. The molecule has 2 aromatic rings. The Bertz CT molecular complexity index is 906. The maximum Gasteiger partial charge on any atom is 0.270 e. The monoisotopic (exact) mass is 364 g/mol. The molecule has 5 nitrogen and oxygen atoms in total. The highest BCUT2D eigenvalue weighted by Gasteiger charge is 2.41. The van der Waals surface area contributed by atoms with Crippen LogP contribution in [0.15, 0.2) is 48.5 Å². The third-order valence-electron chi connectivity index (χ3n) is 5.31. The van der Waals surface area contributed by atoms with E-state index in [1.165, 1.54) is 5.56 Å². The second kappa shape index (κ2) is 6.41. The Kier molecular flexibility index (Phi) is 4.17. The van der Waals surface area contributed by atoms with Crippen LogP contribution in [0.25, 0.3) is 0 Å². The van der Waals surface area contributed by atoms with Gasteiger partial charge in [-0.1, -0.05) is 30.3 Å². The molecule has 0 bridgehead atoms. The van der Waals surface area contributed by atoms with Crippen LogP contribution in [-0.2, 0) is 16.0 Å².